The van der Waals surface area contributed by atoms with Crippen molar-refractivity contribution in [3.8, 4) is 0 Å². The Morgan fingerprint density at radius 3 is 2.95 bits per heavy atom. The lowest BCUT2D eigenvalue weighted by Crippen LogP contribution is -2.37. The summed E-state index contributed by atoms with van der Waals surface area (Å²) in [5.74, 6) is 0.0292. The molecule has 0 aliphatic carbocycles. The molecule has 0 spiro atoms. The van der Waals surface area contributed by atoms with Crippen LogP contribution in [0, 0.1) is 0 Å². The van der Waals surface area contributed by atoms with Gasteiger partial charge in [0.05, 0.1) is 0 Å². The van der Waals surface area contributed by atoms with Gasteiger partial charge in [0.2, 0.25) is 0 Å². The molecule has 5 nitrogen and oxygen atoms in total. The lowest BCUT2D eigenvalue weighted by atomic mass is 10.2. The third kappa shape index (κ3) is 3.81. The minimum absolute atomic E-state index is 0.512. The SMILES string of the molecule is CN(C)CC1CCCN1c1ccc(/C=C/C(=O)O)cn1. The van der Waals surface area contributed by atoms with Gasteiger partial charge in [-0.25, -0.2) is 9.78 Å². The van der Waals surface area contributed by atoms with Crippen LogP contribution in [-0.4, -0.2) is 54.2 Å². The van der Waals surface area contributed by atoms with E-state index in [1.807, 2.05) is 12.1 Å². The summed E-state index contributed by atoms with van der Waals surface area (Å²) in [5, 5.41) is 8.60. The predicted molar refractivity (Wildman–Crippen MR) is 79.8 cm³/mol. The zero-order valence-electron chi connectivity index (χ0n) is 12.0. The van der Waals surface area contributed by atoms with Crippen molar-refractivity contribution in [1.29, 1.82) is 0 Å². The maximum atomic E-state index is 10.5. The highest BCUT2D eigenvalue weighted by Crippen LogP contribution is 2.24. The van der Waals surface area contributed by atoms with Gasteiger partial charge in [-0.15, -0.1) is 0 Å². The molecule has 1 unspecified atom stereocenters. The largest absolute Gasteiger partial charge is 0.478 e. The summed E-state index contributed by atoms with van der Waals surface area (Å²) < 4.78 is 0. The molecule has 0 amide bonds. The van der Waals surface area contributed by atoms with Crippen molar-refractivity contribution in [3.05, 3.63) is 30.0 Å². The van der Waals surface area contributed by atoms with Crippen LogP contribution in [0.4, 0.5) is 5.82 Å². The van der Waals surface area contributed by atoms with Gasteiger partial charge >= 0.3 is 5.97 Å². The molecule has 5 heteroatoms. The van der Waals surface area contributed by atoms with Gasteiger partial charge in [0.15, 0.2) is 0 Å². The molecule has 1 aliphatic heterocycles. The number of hydrogen-bond donors (Lipinski definition) is 1. The summed E-state index contributed by atoms with van der Waals surface area (Å²) in [5.41, 5.74) is 0.805. The van der Waals surface area contributed by atoms with Gasteiger partial charge < -0.3 is 14.9 Å². The summed E-state index contributed by atoms with van der Waals surface area (Å²) in [6, 6.07) is 4.39. The lowest BCUT2D eigenvalue weighted by Gasteiger charge is -2.28. The van der Waals surface area contributed by atoms with E-state index >= 15 is 0 Å². The summed E-state index contributed by atoms with van der Waals surface area (Å²) in [6.07, 6.45) is 6.79. The third-order valence-electron chi connectivity index (χ3n) is 3.44. The van der Waals surface area contributed by atoms with Crippen LogP contribution < -0.4 is 4.90 Å². The Morgan fingerprint density at radius 1 is 1.55 bits per heavy atom. The Labute approximate surface area is 119 Å². The minimum Gasteiger partial charge on any atom is -0.478 e. The van der Waals surface area contributed by atoms with Crippen molar-refractivity contribution in [2.24, 2.45) is 0 Å². The second-order valence-electron chi connectivity index (χ2n) is 5.37. The molecule has 1 saturated heterocycles. The number of pyridine rings is 1. The highest BCUT2D eigenvalue weighted by atomic mass is 16.4. The molecule has 0 saturated carbocycles. The minimum atomic E-state index is -0.945. The monoisotopic (exact) mass is 275 g/mol. The number of rotatable bonds is 5. The molecule has 0 radical (unpaired) electrons. The van der Waals surface area contributed by atoms with Crippen LogP contribution in [0.1, 0.15) is 18.4 Å². The number of anilines is 1. The van der Waals surface area contributed by atoms with Gasteiger partial charge in [0, 0.05) is 31.4 Å². The predicted octanol–water partition coefficient (Wildman–Crippen LogP) is 1.71. The number of aromatic nitrogens is 1. The molecule has 1 atom stereocenters. The van der Waals surface area contributed by atoms with Crippen LogP contribution >= 0.6 is 0 Å². The normalized spacial score (nSPS) is 19.1. The summed E-state index contributed by atoms with van der Waals surface area (Å²) >= 11 is 0. The Morgan fingerprint density at radius 2 is 2.35 bits per heavy atom. The van der Waals surface area contributed by atoms with E-state index in [0.717, 1.165) is 30.5 Å². The van der Waals surface area contributed by atoms with Crippen LogP contribution in [0.15, 0.2) is 24.4 Å². The Balaban J connectivity index is 2.07. The zero-order valence-corrected chi connectivity index (χ0v) is 12.0. The van der Waals surface area contributed by atoms with Crippen molar-refractivity contribution in [2.75, 3.05) is 32.1 Å². The molecule has 108 valence electrons. The number of carbonyl (C=O) groups is 1. The molecule has 1 aromatic rings. The van der Waals surface area contributed by atoms with Gasteiger partial charge in [0.1, 0.15) is 5.82 Å². The molecular formula is C15H21N3O2. The van der Waals surface area contributed by atoms with Crippen molar-refractivity contribution in [3.63, 3.8) is 0 Å². The number of aliphatic carboxylic acids is 1. The van der Waals surface area contributed by atoms with Crippen molar-refractivity contribution in [2.45, 2.75) is 18.9 Å². The molecule has 2 heterocycles. The van der Waals surface area contributed by atoms with Gasteiger partial charge in [0.25, 0.3) is 0 Å². The number of nitrogens with zero attached hydrogens (tertiary/aromatic N) is 3. The Bertz CT molecular complexity index is 482. The smallest absolute Gasteiger partial charge is 0.328 e. The molecule has 0 aromatic carbocycles. The van der Waals surface area contributed by atoms with Crippen molar-refractivity contribution >= 4 is 17.9 Å². The Kier molecular flexibility index (Phi) is 4.74. The lowest BCUT2D eigenvalue weighted by molar-refractivity contribution is -0.131. The summed E-state index contributed by atoms with van der Waals surface area (Å²) in [6.45, 7) is 2.07. The number of likely N-dealkylation sites (N-methyl/N-ethyl adjacent to an activating group) is 1. The first kappa shape index (κ1) is 14.5. The standard InChI is InChI=1S/C15H21N3O2/c1-17(2)11-13-4-3-9-18(13)14-7-5-12(10-16-14)6-8-15(19)20/h5-8,10,13H,3-4,9,11H2,1-2H3,(H,19,20)/b8-6+. The highest BCUT2D eigenvalue weighted by Gasteiger charge is 2.25. The average molecular weight is 275 g/mol. The summed E-state index contributed by atoms with van der Waals surface area (Å²) in [7, 11) is 4.17. The molecule has 1 N–H and O–H groups in total. The average Bonchev–Trinajstić information content (AvgIpc) is 2.84. The first-order valence-corrected chi connectivity index (χ1v) is 6.84. The molecule has 1 aliphatic rings. The second kappa shape index (κ2) is 6.52. The van der Waals surface area contributed by atoms with E-state index in [4.69, 9.17) is 5.11 Å². The first-order valence-electron chi connectivity index (χ1n) is 6.84. The maximum absolute atomic E-state index is 10.5. The van der Waals surface area contributed by atoms with Crippen LogP contribution in [-0.2, 0) is 4.79 Å². The van der Waals surface area contributed by atoms with E-state index in [1.54, 1.807) is 12.3 Å². The van der Waals surface area contributed by atoms with E-state index < -0.39 is 5.97 Å². The first-order chi connectivity index (χ1) is 9.56. The molecule has 0 bridgehead atoms. The van der Waals surface area contributed by atoms with Gasteiger partial charge in [-0.1, -0.05) is 0 Å². The molecular weight excluding hydrogens is 254 g/mol. The summed E-state index contributed by atoms with van der Waals surface area (Å²) in [4.78, 5) is 19.5. The zero-order chi connectivity index (χ0) is 14.5. The van der Waals surface area contributed by atoms with E-state index in [0.29, 0.717) is 6.04 Å². The van der Waals surface area contributed by atoms with Gasteiger partial charge in [-0.05, 0) is 50.7 Å². The maximum Gasteiger partial charge on any atom is 0.328 e. The van der Waals surface area contributed by atoms with Crippen molar-refractivity contribution in [1.82, 2.24) is 9.88 Å². The van der Waals surface area contributed by atoms with E-state index in [1.165, 1.54) is 12.8 Å². The quantitative estimate of drug-likeness (QED) is 0.829. The number of hydrogen-bond acceptors (Lipinski definition) is 4. The second-order valence-corrected chi connectivity index (χ2v) is 5.37. The van der Waals surface area contributed by atoms with Crippen LogP contribution in [0.2, 0.25) is 0 Å². The Hall–Kier alpha value is -1.88. The van der Waals surface area contributed by atoms with E-state index in [2.05, 4.69) is 28.9 Å². The number of carboxylic acid groups (broad SMARTS) is 1. The van der Waals surface area contributed by atoms with Crippen LogP contribution in [0.25, 0.3) is 6.08 Å². The van der Waals surface area contributed by atoms with Gasteiger partial charge in [-0.3, -0.25) is 0 Å². The van der Waals surface area contributed by atoms with Gasteiger partial charge in [-0.2, -0.15) is 0 Å². The third-order valence-corrected chi connectivity index (χ3v) is 3.44. The van der Waals surface area contributed by atoms with Crippen molar-refractivity contribution < 1.29 is 9.90 Å². The van der Waals surface area contributed by atoms with Crippen LogP contribution in [0.3, 0.4) is 0 Å². The fourth-order valence-corrected chi connectivity index (χ4v) is 2.58. The molecule has 20 heavy (non-hydrogen) atoms. The van der Waals surface area contributed by atoms with E-state index in [-0.39, 0.29) is 0 Å². The fraction of sp³-hybridized carbons (Fsp3) is 0.467. The fourth-order valence-electron chi connectivity index (χ4n) is 2.58. The highest BCUT2D eigenvalue weighted by molar-refractivity contribution is 5.85. The molecule has 1 fully saturated rings. The molecule has 2 rings (SSSR count). The number of carboxylic acids is 1. The van der Waals surface area contributed by atoms with E-state index in [9.17, 15) is 4.79 Å². The molecule has 1 aromatic heterocycles. The topological polar surface area (TPSA) is 56.7 Å². The van der Waals surface area contributed by atoms with Crippen LogP contribution in [0.5, 0.6) is 0 Å².